The maximum Gasteiger partial charge on any atom is 0.119 e. The second kappa shape index (κ2) is 6.18. The van der Waals surface area contributed by atoms with Gasteiger partial charge in [-0.1, -0.05) is 30.3 Å². The predicted octanol–water partition coefficient (Wildman–Crippen LogP) is 3.72. The van der Waals surface area contributed by atoms with Crippen LogP contribution in [0.15, 0.2) is 46.6 Å². The van der Waals surface area contributed by atoms with Gasteiger partial charge in [0.15, 0.2) is 0 Å². The molecule has 1 N–H and O–H groups in total. The number of nitrogens with zero attached hydrogens (tertiary/aromatic N) is 2. The highest BCUT2D eigenvalue weighted by atomic mass is 35.5. The van der Waals surface area contributed by atoms with E-state index in [2.05, 4.69) is 9.97 Å². The molecular weight excluding hydrogens is 268 g/mol. The summed E-state index contributed by atoms with van der Waals surface area (Å²) in [6, 6.07) is 7.34. The summed E-state index contributed by atoms with van der Waals surface area (Å²) in [6.07, 6.45) is 3.59. The molecule has 2 rings (SSSR count). The Labute approximate surface area is 115 Å². The molecule has 2 aromatic heterocycles. The summed E-state index contributed by atoms with van der Waals surface area (Å²) in [6.45, 7) is 1.92. The molecule has 0 amide bonds. The third-order valence-corrected chi connectivity index (χ3v) is 3.84. The zero-order valence-electron chi connectivity index (χ0n) is 9.88. The highest BCUT2D eigenvalue weighted by Gasteiger charge is 2.07. The Kier molecular flexibility index (Phi) is 4.58. The summed E-state index contributed by atoms with van der Waals surface area (Å²) in [5.41, 5.74) is 0.689. The third-order valence-electron chi connectivity index (χ3n) is 2.43. The molecule has 18 heavy (non-hydrogen) atoms. The first kappa shape index (κ1) is 13.3. The lowest BCUT2D eigenvalue weighted by atomic mass is 10.2. The first-order valence-corrected chi connectivity index (χ1v) is 6.82. The molecular formula is C13H13ClN2OS. The number of aliphatic hydroxyl groups is 1. The van der Waals surface area contributed by atoms with Crippen LogP contribution in [-0.4, -0.2) is 15.1 Å². The topological polar surface area (TPSA) is 46.0 Å². The number of pyridine rings is 2. The van der Waals surface area contributed by atoms with Gasteiger partial charge in [-0.2, -0.15) is 0 Å². The Bertz CT molecular complexity index is 519. The van der Waals surface area contributed by atoms with Crippen molar-refractivity contribution in [1.29, 1.82) is 0 Å². The fourth-order valence-electron chi connectivity index (χ4n) is 1.42. The van der Waals surface area contributed by atoms with Gasteiger partial charge >= 0.3 is 0 Å². The van der Waals surface area contributed by atoms with Crippen molar-refractivity contribution in [2.24, 2.45) is 0 Å². The van der Waals surface area contributed by atoms with Gasteiger partial charge in [-0.3, -0.25) is 4.98 Å². The molecule has 2 heterocycles. The van der Waals surface area contributed by atoms with E-state index in [-0.39, 0.29) is 0 Å². The van der Waals surface area contributed by atoms with E-state index < -0.39 is 6.10 Å². The number of hydrogen-bond donors (Lipinski definition) is 1. The normalized spacial score (nSPS) is 12.4. The van der Waals surface area contributed by atoms with Crippen LogP contribution in [0.4, 0.5) is 0 Å². The monoisotopic (exact) mass is 280 g/mol. The fourth-order valence-corrected chi connectivity index (χ4v) is 2.40. The van der Waals surface area contributed by atoms with Crippen molar-refractivity contribution in [3.63, 3.8) is 0 Å². The predicted molar refractivity (Wildman–Crippen MR) is 72.9 cm³/mol. The van der Waals surface area contributed by atoms with Crippen LogP contribution < -0.4 is 0 Å². The molecule has 0 bridgehead atoms. The average Bonchev–Trinajstić information content (AvgIpc) is 2.41. The van der Waals surface area contributed by atoms with Crippen molar-refractivity contribution < 1.29 is 5.11 Å². The lowest BCUT2D eigenvalue weighted by molar-refractivity contribution is 0.169. The minimum absolute atomic E-state index is 0.498. The molecule has 0 aliphatic rings. The first-order chi connectivity index (χ1) is 8.70. The van der Waals surface area contributed by atoms with Gasteiger partial charge < -0.3 is 5.11 Å². The molecule has 5 heteroatoms. The largest absolute Gasteiger partial charge is 0.387 e. The summed E-state index contributed by atoms with van der Waals surface area (Å²) >= 11 is 7.49. The molecule has 0 fully saturated rings. The Morgan fingerprint density at radius 1 is 1.33 bits per heavy atom. The summed E-state index contributed by atoms with van der Waals surface area (Å²) in [5, 5.41) is 11.0. The van der Waals surface area contributed by atoms with Crippen LogP contribution in [0.5, 0.6) is 0 Å². The molecule has 0 spiro atoms. The van der Waals surface area contributed by atoms with E-state index >= 15 is 0 Å². The minimum Gasteiger partial charge on any atom is -0.387 e. The fraction of sp³-hybridized carbons (Fsp3) is 0.231. The number of halogens is 1. The number of hydrogen-bond acceptors (Lipinski definition) is 4. The summed E-state index contributed by atoms with van der Waals surface area (Å²) in [4.78, 5) is 9.38. The highest BCUT2D eigenvalue weighted by Crippen LogP contribution is 2.31. The number of rotatable bonds is 4. The van der Waals surface area contributed by atoms with E-state index in [4.69, 9.17) is 11.6 Å². The summed E-state index contributed by atoms with van der Waals surface area (Å²) in [5.74, 6) is 0. The number of aromatic nitrogens is 2. The maximum absolute atomic E-state index is 9.65. The molecule has 0 radical (unpaired) electrons. The van der Waals surface area contributed by atoms with Gasteiger partial charge in [0.25, 0.3) is 0 Å². The van der Waals surface area contributed by atoms with Gasteiger partial charge in [-0.25, -0.2) is 4.98 Å². The minimum atomic E-state index is -0.498. The standard InChI is InChI=1S/C13H13ClN2OS/c1-2-12(17)11-6-5-9(8-16-11)18-13-10(14)4-3-7-15-13/h3-8,12,17H,2H2,1H3. The highest BCUT2D eigenvalue weighted by molar-refractivity contribution is 7.99. The Balaban J connectivity index is 2.14. The molecule has 3 nitrogen and oxygen atoms in total. The lowest BCUT2D eigenvalue weighted by Crippen LogP contribution is -1.97. The maximum atomic E-state index is 9.65. The Hall–Kier alpha value is -1.10. The molecule has 1 unspecified atom stereocenters. The van der Waals surface area contributed by atoms with E-state index in [0.717, 1.165) is 9.92 Å². The van der Waals surface area contributed by atoms with E-state index in [1.165, 1.54) is 11.8 Å². The SMILES string of the molecule is CCC(O)c1ccc(Sc2ncccc2Cl)cn1. The van der Waals surface area contributed by atoms with Gasteiger partial charge in [0.05, 0.1) is 16.8 Å². The van der Waals surface area contributed by atoms with Crippen LogP contribution in [0.2, 0.25) is 5.02 Å². The third kappa shape index (κ3) is 3.22. The van der Waals surface area contributed by atoms with E-state index in [9.17, 15) is 5.11 Å². The van der Waals surface area contributed by atoms with Crippen LogP contribution in [0.25, 0.3) is 0 Å². The molecule has 0 saturated heterocycles. The number of aliphatic hydroxyl groups excluding tert-OH is 1. The molecule has 0 aliphatic carbocycles. The average molecular weight is 281 g/mol. The Morgan fingerprint density at radius 3 is 2.78 bits per heavy atom. The molecule has 2 aromatic rings. The van der Waals surface area contributed by atoms with Crippen molar-refractivity contribution in [2.45, 2.75) is 29.4 Å². The lowest BCUT2D eigenvalue weighted by Gasteiger charge is -2.07. The van der Waals surface area contributed by atoms with Gasteiger partial charge in [-0.05, 0) is 30.7 Å². The van der Waals surface area contributed by atoms with Crippen molar-refractivity contribution in [2.75, 3.05) is 0 Å². The molecule has 1 atom stereocenters. The van der Waals surface area contributed by atoms with E-state index in [1.54, 1.807) is 24.5 Å². The second-order valence-corrected chi connectivity index (χ2v) is 5.20. The summed E-state index contributed by atoms with van der Waals surface area (Å²) < 4.78 is 0. The molecule has 0 saturated carbocycles. The van der Waals surface area contributed by atoms with Crippen molar-refractivity contribution in [3.05, 3.63) is 47.4 Å². The van der Waals surface area contributed by atoms with Crippen LogP contribution in [0.3, 0.4) is 0 Å². The zero-order chi connectivity index (χ0) is 13.0. The zero-order valence-corrected chi connectivity index (χ0v) is 11.4. The Morgan fingerprint density at radius 2 is 2.17 bits per heavy atom. The summed E-state index contributed by atoms with van der Waals surface area (Å²) in [7, 11) is 0. The van der Waals surface area contributed by atoms with Crippen LogP contribution in [0.1, 0.15) is 25.1 Å². The van der Waals surface area contributed by atoms with Crippen LogP contribution >= 0.6 is 23.4 Å². The second-order valence-electron chi connectivity index (χ2n) is 3.74. The molecule has 94 valence electrons. The van der Waals surface area contributed by atoms with E-state index in [0.29, 0.717) is 17.1 Å². The van der Waals surface area contributed by atoms with Crippen molar-refractivity contribution >= 4 is 23.4 Å². The van der Waals surface area contributed by atoms with Crippen LogP contribution in [-0.2, 0) is 0 Å². The quantitative estimate of drug-likeness (QED) is 0.927. The van der Waals surface area contributed by atoms with Gasteiger partial charge in [0.1, 0.15) is 5.03 Å². The van der Waals surface area contributed by atoms with Crippen molar-refractivity contribution in [1.82, 2.24) is 9.97 Å². The first-order valence-electron chi connectivity index (χ1n) is 5.63. The van der Waals surface area contributed by atoms with Gasteiger partial charge in [0.2, 0.25) is 0 Å². The smallest absolute Gasteiger partial charge is 0.119 e. The van der Waals surface area contributed by atoms with Crippen LogP contribution in [0, 0.1) is 0 Å². The van der Waals surface area contributed by atoms with Gasteiger partial charge in [0, 0.05) is 17.3 Å². The van der Waals surface area contributed by atoms with E-state index in [1.807, 2.05) is 19.1 Å². The molecule has 0 aliphatic heterocycles. The molecule has 0 aromatic carbocycles. The van der Waals surface area contributed by atoms with Gasteiger partial charge in [-0.15, -0.1) is 0 Å². The van der Waals surface area contributed by atoms with Crippen molar-refractivity contribution in [3.8, 4) is 0 Å².